The second-order valence-corrected chi connectivity index (χ2v) is 7.33. The number of aliphatic hydroxyl groups excluding tert-OH is 1. The minimum atomic E-state index is -4.76. The van der Waals surface area contributed by atoms with Crippen molar-refractivity contribution in [1.82, 2.24) is 4.90 Å². The van der Waals surface area contributed by atoms with E-state index >= 15 is 0 Å². The molecule has 8 heteroatoms. The van der Waals surface area contributed by atoms with Gasteiger partial charge in [-0.1, -0.05) is 35.9 Å². The lowest BCUT2D eigenvalue weighted by Crippen LogP contribution is -2.40. The third-order valence-corrected chi connectivity index (χ3v) is 5.62. The number of nitriles is 1. The number of amides is 1. The number of carbonyl (C=O) groups excluding carboxylic acids is 1. The van der Waals surface area contributed by atoms with Crippen LogP contribution < -0.4 is 0 Å². The Kier molecular flexibility index (Phi) is 5.87. The molecule has 0 spiro atoms. The average molecular weight is 423 g/mol. The first kappa shape index (κ1) is 21.2. The maximum absolute atomic E-state index is 13.0. The van der Waals surface area contributed by atoms with E-state index in [0.717, 1.165) is 0 Å². The van der Waals surface area contributed by atoms with Gasteiger partial charge in [0, 0.05) is 11.6 Å². The summed E-state index contributed by atoms with van der Waals surface area (Å²) < 4.78 is 39.0. The Bertz CT molecular complexity index is 985. The molecule has 1 amide bonds. The van der Waals surface area contributed by atoms with Crippen LogP contribution in [0.5, 0.6) is 0 Å². The van der Waals surface area contributed by atoms with E-state index in [1.54, 1.807) is 36.1 Å². The summed E-state index contributed by atoms with van der Waals surface area (Å²) in [7, 11) is 0. The molecule has 0 radical (unpaired) electrons. The van der Waals surface area contributed by atoms with Gasteiger partial charge < -0.3 is 10.0 Å². The fraction of sp³-hybridized carbons (Fsp3) is 0.333. The molecule has 0 aliphatic carbocycles. The van der Waals surface area contributed by atoms with Gasteiger partial charge in [0.1, 0.15) is 0 Å². The molecule has 152 valence electrons. The number of rotatable bonds is 3. The van der Waals surface area contributed by atoms with E-state index in [1.165, 1.54) is 12.1 Å². The molecule has 1 aliphatic rings. The Balaban J connectivity index is 1.89. The van der Waals surface area contributed by atoms with Gasteiger partial charge in [0.2, 0.25) is 5.91 Å². The van der Waals surface area contributed by atoms with E-state index < -0.39 is 18.3 Å². The normalized spacial score (nSPS) is 17.4. The van der Waals surface area contributed by atoms with Crippen LogP contribution in [-0.4, -0.2) is 28.6 Å². The van der Waals surface area contributed by atoms with Crippen LogP contribution in [0.1, 0.15) is 46.9 Å². The summed E-state index contributed by atoms with van der Waals surface area (Å²) in [6.45, 7) is 1.94. The molecule has 29 heavy (non-hydrogen) atoms. The topological polar surface area (TPSA) is 64.3 Å². The van der Waals surface area contributed by atoms with Crippen LogP contribution in [0.15, 0.2) is 36.4 Å². The summed E-state index contributed by atoms with van der Waals surface area (Å²) >= 11 is 6.15. The van der Waals surface area contributed by atoms with Gasteiger partial charge in [-0.2, -0.15) is 18.4 Å². The molecule has 0 unspecified atom stereocenters. The maximum atomic E-state index is 13.0. The molecule has 0 bridgehead atoms. The van der Waals surface area contributed by atoms with E-state index in [9.17, 15) is 28.3 Å². The molecule has 0 fully saturated rings. The van der Waals surface area contributed by atoms with Gasteiger partial charge in [-0.15, -0.1) is 0 Å². The van der Waals surface area contributed by atoms with Crippen molar-refractivity contribution in [2.75, 3.05) is 6.54 Å². The lowest BCUT2D eigenvalue weighted by Gasteiger charge is -2.37. The van der Waals surface area contributed by atoms with E-state index in [2.05, 4.69) is 0 Å². The molecule has 0 saturated carbocycles. The van der Waals surface area contributed by atoms with Crippen molar-refractivity contribution in [2.24, 2.45) is 0 Å². The fourth-order valence-electron chi connectivity index (χ4n) is 3.77. The van der Waals surface area contributed by atoms with Crippen LogP contribution in [0.4, 0.5) is 13.2 Å². The monoisotopic (exact) mass is 422 g/mol. The Hall–Kier alpha value is -2.56. The number of benzene rings is 2. The second-order valence-electron chi connectivity index (χ2n) is 6.93. The summed E-state index contributed by atoms with van der Waals surface area (Å²) in [5.74, 6) is -0.269. The van der Waals surface area contributed by atoms with Gasteiger partial charge in [0.25, 0.3) is 0 Å². The highest BCUT2D eigenvalue weighted by atomic mass is 35.5. The first-order valence-electron chi connectivity index (χ1n) is 8.98. The first-order valence-corrected chi connectivity index (χ1v) is 9.36. The van der Waals surface area contributed by atoms with E-state index in [1.807, 2.05) is 6.07 Å². The van der Waals surface area contributed by atoms with Crippen molar-refractivity contribution in [3.05, 3.63) is 69.2 Å². The van der Waals surface area contributed by atoms with Crippen molar-refractivity contribution in [3.8, 4) is 6.07 Å². The van der Waals surface area contributed by atoms with Gasteiger partial charge in [0.15, 0.2) is 6.10 Å². The zero-order valence-corrected chi connectivity index (χ0v) is 16.3. The SMILES string of the molecule is C[C@H]1c2cccc([C@@H](O)C(F)(F)F)c2CCN1C(=O)Cc1c(Cl)cccc1C#N. The molecule has 3 rings (SSSR count). The van der Waals surface area contributed by atoms with Crippen LogP contribution in [0.3, 0.4) is 0 Å². The van der Waals surface area contributed by atoms with Crippen LogP contribution in [0, 0.1) is 11.3 Å². The highest BCUT2D eigenvalue weighted by molar-refractivity contribution is 6.31. The number of alkyl halides is 3. The van der Waals surface area contributed by atoms with E-state index in [0.29, 0.717) is 27.3 Å². The van der Waals surface area contributed by atoms with Crippen molar-refractivity contribution in [1.29, 1.82) is 5.26 Å². The van der Waals surface area contributed by atoms with E-state index in [4.69, 9.17) is 11.6 Å². The second kappa shape index (κ2) is 8.05. The average Bonchev–Trinajstić information content (AvgIpc) is 2.68. The summed E-state index contributed by atoms with van der Waals surface area (Å²) in [5.41, 5.74) is 1.56. The van der Waals surface area contributed by atoms with Gasteiger partial charge in [-0.05, 0) is 47.7 Å². The molecular weight excluding hydrogens is 405 g/mol. The molecule has 1 heterocycles. The highest BCUT2D eigenvalue weighted by Gasteiger charge is 2.42. The minimum Gasteiger partial charge on any atom is -0.379 e. The standard InChI is InChI=1S/C21H18ClF3N2O2/c1-12-14-5-3-6-16(20(29)21(23,24)25)15(14)8-9-27(12)19(28)10-17-13(11-26)4-2-7-18(17)22/h2-7,12,20,29H,8-10H2,1H3/t12-,20+/m0/s1. The van der Waals surface area contributed by atoms with Crippen LogP contribution in [0.25, 0.3) is 0 Å². The van der Waals surface area contributed by atoms with Crippen LogP contribution in [-0.2, 0) is 17.6 Å². The largest absolute Gasteiger partial charge is 0.418 e. The van der Waals surface area contributed by atoms with Gasteiger partial charge >= 0.3 is 6.18 Å². The minimum absolute atomic E-state index is 0.0763. The summed E-state index contributed by atoms with van der Waals surface area (Å²) in [6.07, 6.45) is -7.20. The zero-order valence-electron chi connectivity index (χ0n) is 15.5. The Labute approximate surface area is 171 Å². The van der Waals surface area contributed by atoms with Gasteiger partial charge in [0.05, 0.1) is 24.1 Å². The lowest BCUT2D eigenvalue weighted by atomic mass is 9.87. The molecule has 0 aromatic heterocycles. The molecular formula is C21H18ClF3N2O2. The van der Waals surface area contributed by atoms with Gasteiger partial charge in [-0.25, -0.2) is 0 Å². The fourth-order valence-corrected chi connectivity index (χ4v) is 4.01. The third-order valence-electron chi connectivity index (χ3n) is 5.26. The third kappa shape index (κ3) is 4.09. The number of aliphatic hydroxyl groups is 1. The Morgan fingerprint density at radius 2 is 2.03 bits per heavy atom. The quantitative estimate of drug-likeness (QED) is 0.792. The van der Waals surface area contributed by atoms with Crippen molar-refractivity contribution in [2.45, 2.75) is 38.1 Å². The smallest absolute Gasteiger partial charge is 0.379 e. The number of nitrogens with zero attached hydrogens (tertiary/aromatic N) is 2. The first-order chi connectivity index (χ1) is 13.6. The number of halogens is 4. The van der Waals surface area contributed by atoms with E-state index in [-0.39, 0.29) is 30.9 Å². The molecule has 2 atom stereocenters. The van der Waals surface area contributed by atoms with Crippen molar-refractivity contribution < 1.29 is 23.1 Å². The predicted molar refractivity (Wildman–Crippen MR) is 101 cm³/mol. The predicted octanol–water partition coefficient (Wildman–Crippen LogP) is 4.50. The number of carbonyl (C=O) groups is 1. The molecule has 2 aromatic rings. The number of hydrogen-bond donors (Lipinski definition) is 1. The summed E-state index contributed by atoms with van der Waals surface area (Å²) in [6, 6.07) is 10.7. The van der Waals surface area contributed by atoms with Gasteiger partial charge in [-0.3, -0.25) is 4.79 Å². The molecule has 1 aliphatic heterocycles. The van der Waals surface area contributed by atoms with Crippen LogP contribution in [0.2, 0.25) is 5.02 Å². The molecule has 0 saturated heterocycles. The lowest BCUT2D eigenvalue weighted by molar-refractivity contribution is -0.207. The molecule has 2 aromatic carbocycles. The Morgan fingerprint density at radius 3 is 2.69 bits per heavy atom. The number of hydrogen-bond acceptors (Lipinski definition) is 3. The van der Waals surface area contributed by atoms with Crippen molar-refractivity contribution in [3.63, 3.8) is 0 Å². The van der Waals surface area contributed by atoms with Crippen molar-refractivity contribution >= 4 is 17.5 Å². The molecule has 4 nitrogen and oxygen atoms in total. The maximum Gasteiger partial charge on any atom is 0.418 e. The van der Waals surface area contributed by atoms with Crippen LogP contribution >= 0.6 is 11.6 Å². The zero-order chi connectivity index (χ0) is 21.3. The summed E-state index contributed by atoms with van der Waals surface area (Å²) in [5, 5.41) is 19.3. The highest BCUT2D eigenvalue weighted by Crippen LogP contribution is 2.39. The Morgan fingerprint density at radius 1 is 1.34 bits per heavy atom. The molecule has 1 N–H and O–H groups in total. The number of fused-ring (bicyclic) bond motifs is 1. The summed E-state index contributed by atoms with van der Waals surface area (Å²) in [4.78, 5) is 14.5.